The van der Waals surface area contributed by atoms with E-state index < -0.39 is 23.0 Å². The van der Waals surface area contributed by atoms with Crippen LogP contribution in [0.3, 0.4) is 0 Å². The van der Waals surface area contributed by atoms with Crippen molar-refractivity contribution in [3.8, 4) is 0 Å². The Kier molecular flexibility index (Phi) is 5.44. The van der Waals surface area contributed by atoms with E-state index in [1.165, 1.54) is 18.6 Å². The number of hydrogen-bond acceptors (Lipinski definition) is 7. The zero-order valence-corrected chi connectivity index (χ0v) is 17.5. The molecule has 162 valence electrons. The van der Waals surface area contributed by atoms with Crippen molar-refractivity contribution in [2.24, 2.45) is 5.92 Å². The molecule has 0 spiro atoms. The third-order valence-corrected chi connectivity index (χ3v) is 6.00. The molecular weight excluding hydrogens is 434 g/mol. The van der Waals surface area contributed by atoms with E-state index in [2.05, 4.69) is 30.0 Å². The summed E-state index contributed by atoms with van der Waals surface area (Å²) in [5.74, 6) is -1.65. The van der Waals surface area contributed by atoms with Crippen LogP contribution in [0.2, 0.25) is 0 Å². The van der Waals surface area contributed by atoms with E-state index in [1.807, 2.05) is 0 Å². The van der Waals surface area contributed by atoms with Gasteiger partial charge in [-0.2, -0.15) is 0 Å². The lowest BCUT2D eigenvalue weighted by atomic mass is 10.0. The number of ketones is 1. The van der Waals surface area contributed by atoms with Gasteiger partial charge in [0.1, 0.15) is 23.6 Å². The summed E-state index contributed by atoms with van der Waals surface area (Å²) in [6, 6.07) is 5.86. The molecule has 1 aliphatic rings. The minimum absolute atomic E-state index is 0.00761. The summed E-state index contributed by atoms with van der Waals surface area (Å²) in [5.41, 5.74) is -0.121. The highest BCUT2D eigenvalue weighted by Crippen LogP contribution is 2.33. The van der Waals surface area contributed by atoms with Crippen LogP contribution in [0.15, 0.2) is 54.1 Å². The van der Waals surface area contributed by atoms with Crippen LogP contribution in [0.4, 0.5) is 20.3 Å². The summed E-state index contributed by atoms with van der Waals surface area (Å²) in [7, 11) is 0. The summed E-state index contributed by atoms with van der Waals surface area (Å²) in [6.07, 6.45) is 8.31. The number of hydrogen-bond donors (Lipinski definition) is 3. The number of nitrogens with one attached hydrogen (secondary N) is 3. The van der Waals surface area contributed by atoms with Gasteiger partial charge >= 0.3 is 0 Å². The SMILES string of the molecule is O=C(c1c(F)ccc(NSc2cccnc2)c1F)c1c[nH]c2ncnc(NCC3CC3)c12. The number of benzene rings is 1. The fourth-order valence-corrected chi connectivity index (χ4v) is 3.98. The van der Waals surface area contributed by atoms with Crippen molar-refractivity contribution in [2.75, 3.05) is 16.6 Å². The molecule has 0 atom stereocenters. The van der Waals surface area contributed by atoms with Crippen LogP contribution < -0.4 is 10.0 Å². The summed E-state index contributed by atoms with van der Waals surface area (Å²) in [4.78, 5) is 29.3. The maximum atomic E-state index is 15.2. The van der Waals surface area contributed by atoms with Gasteiger partial charge in [-0.3, -0.25) is 9.78 Å². The van der Waals surface area contributed by atoms with Crippen molar-refractivity contribution in [1.82, 2.24) is 19.9 Å². The molecule has 3 aromatic heterocycles. The molecule has 1 fully saturated rings. The monoisotopic (exact) mass is 452 g/mol. The molecule has 1 aromatic carbocycles. The van der Waals surface area contributed by atoms with Crippen molar-refractivity contribution >= 4 is 40.3 Å². The average Bonchev–Trinajstić information content (AvgIpc) is 3.54. The second kappa shape index (κ2) is 8.54. The van der Waals surface area contributed by atoms with Gasteiger partial charge in [-0.25, -0.2) is 18.7 Å². The zero-order valence-electron chi connectivity index (χ0n) is 16.7. The lowest BCUT2D eigenvalue weighted by Gasteiger charge is -2.11. The smallest absolute Gasteiger partial charge is 0.201 e. The van der Waals surface area contributed by atoms with Crippen molar-refractivity contribution in [3.63, 3.8) is 0 Å². The molecule has 0 saturated heterocycles. The number of anilines is 2. The van der Waals surface area contributed by atoms with Gasteiger partial charge in [-0.1, -0.05) is 0 Å². The molecule has 3 N–H and O–H groups in total. The Balaban J connectivity index is 1.48. The van der Waals surface area contributed by atoms with Gasteiger partial charge in [-0.15, -0.1) is 0 Å². The number of nitrogens with zero attached hydrogens (tertiary/aromatic N) is 3. The van der Waals surface area contributed by atoms with E-state index in [-0.39, 0.29) is 11.3 Å². The van der Waals surface area contributed by atoms with Crippen LogP contribution in [0.5, 0.6) is 0 Å². The lowest BCUT2D eigenvalue weighted by molar-refractivity contribution is 0.103. The number of carbonyl (C=O) groups excluding carboxylic acids is 1. The maximum Gasteiger partial charge on any atom is 0.201 e. The van der Waals surface area contributed by atoms with Crippen LogP contribution in [-0.4, -0.2) is 32.3 Å². The van der Waals surface area contributed by atoms with Crippen LogP contribution >= 0.6 is 11.9 Å². The Morgan fingerprint density at radius 2 is 2.09 bits per heavy atom. The summed E-state index contributed by atoms with van der Waals surface area (Å²) in [5, 5.41) is 3.65. The fraction of sp³-hybridized carbons (Fsp3) is 0.182. The molecule has 0 radical (unpaired) electrons. The summed E-state index contributed by atoms with van der Waals surface area (Å²) in [6.45, 7) is 0.721. The van der Waals surface area contributed by atoms with E-state index in [0.29, 0.717) is 22.8 Å². The molecule has 5 rings (SSSR count). The lowest BCUT2D eigenvalue weighted by Crippen LogP contribution is -2.11. The Bertz CT molecular complexity index is 1290. The number of carbonyl (C=O) groups is 1. The Hall–Kier alpha value is -3.53. The highest BCUT2D eigenvalue weighted by Gasteiger charge is 2.27. The molecule has 0 unspecified atom stereocenters. The molecular formula is C22H18F2N6OS. The van der Waals surface area contributed by atoms with Crippen molar-refractivity contribution in [3.05, 3.63) is 71.9 Å². The first-order chi connectivity index (χ1) is 15.6. The zero-order chi connectivity index (χ0) is 22.1. The first-order valence-electron chi connectivity index (χ1n) is 10.0. The predicted molar refractivity (Wildman–Crippen MR) is 119 cm³/mol. The first-order valence-corrected chi connectivity index (χ1v) is 10.8. The molecule has 4 aromatic rings. The Morgan fingerprint density at radius 3 is 2.88 bits per heavy atom. The molecule has 3 heterocycles. The number of fused-ring (bicyclic) bond motifs is 1. The number of H-pyrrole nitrogens is 1. The van der Waals surface area contributed by atoms with E-state index >= 15 is 4.39 Å². The van der Waals surface area contributed by atoms with Gasteiger partial charge in [0.25, 0.3) is 0 Å². The third-order valence-electron chi connectivity index (χ3n) is 5.20. The second-order valence-electron chi connectivity index (χ2n) is 7.48. The van der Waals surface area contributed by atoms with E-state index in [0.717, 1.165) is 42.3 Å². The average molecular weight is 452 g/mol. The molecule has 1 aliphatic carbocycles. The van der Waals surface area contributed by atoms with Crippen LogP contribution in [-0.2, 0) is 0 Å². The number of halogens is 2. The highest BCUT2D eigenvalue weighted by atomic mass is 32.2. The minimum Gasteiger partial charge on any atom is -0.369 e. The van der Waals surface area contributed by atoms with Gasteiger partial charge in [0.05, 0.1) is 22.2 Å². The quantitative estimate of drug-likeness (QED) is 0.261. The molecule has 0 aliphatic heterocycles. The van der Waals surface area contributed by atoms with Gasteiger partial charge < -0.3 is 15.0 Å². The maximum absolute atomic E-state index is 15.2. The normalized spacial score (nSPS) is 13.3. The standard InChI is InChI=1S/C22H18F2N6OS/c23-15-5-6-16(30-32-13-2-1-7-25-9-13)19(24)18(15)20(31)14-10-27-22-17(14)21(28-11-29-22)26-8-12-3-4-12/h1-2,5-7,9-12,30H,3-4,8H2,(H2,26,27,28,29). The van der Waals surface area contributed by atoms with Crippen LogP contribution in [0.25, 0.3) is 11.0 Å². The minimum atomic E-state index is -0.968. The van der Waals surface area contributed by atoms with Crippen molar-refractivity contribution in [1.29, 1.82) is 0 Å². The Morgan fingerprint density at radius 1 is 1.22 bits per heavy atom. The highest BCUT2D eigenvalue weighted by molar-refractivity contribution is 8.00. The van der Waals surface area contributed by atoms with Gasteiger partial charge in [0.2, 0.25) is 5.78 Å². The Labute approximate surface area is 186 Å². The molecule has 0 amide bonds. The van der Waals surface area contributed by atoms with E-state index in [4.69, 9.17) is 0 Å². The largest absolute Gasteiger partial charge is 0.369 e. The number of rotatable bonds is 8. The van der Waals surface area contributed by atoms with Gasteiger partial charge in [0.15, 0.2) is 5.82 Å². The molecule has 10 heteroatoms. The third kappa shape index (κ3) is 4.01. The first kappa shape index (κ1) is 20.4. The van der Waals surface area contributed by atoms with Crippen molar-refractivity contribution in [2.45, 2.75) is 17.7 Å². The fourth-order valence-electron chi connectivity index (χ4n) is 3.33. The van der Waals surface area contributed by atoms with E-state index in [1.54, 1.807) is 24.5 Å². The van der Waals surface area contributed by atoms with Crippen LogP contribution in [0, 0.1) is 17.6 Å². The van der Waals surface area contributed by atoms with Crippen molar-refractivity contribution < 1.29 is 13.6 Å². The van der Waals surface area contributed by atoms with Gasteiger partial charge in [0, 0.05) is 30.0 Å². The second-order valence-corrected chi connectivity index (χ2v) is 8.36. The summed E-state index contributed by atoms with van der Waals surface area (Å²) < 4.78 is 32.7. The number of aromatic nitrogens is 4. The van der Waals surface area contributed by atoms with Crippen LogP contribution in [0.1, 0.15) is 28.8 Å². The number of aromatic amines is 1. The molecule has 32 heavy (non-hydrogen) atoms. The predicted octanol–water partition coefficient (Wildman–Crippen LogP) is 4.80. The number of pyridine rings is 1. The molecule has 7 nitrogen and oxygen atoms in total. The van der Waals surface area contributed by atoms with Gasteiger partial charge in [-0.05, 0) is 55.0 Å². The summed E-state index contributed by atoms with van der Waals surface area (Å²) >= 11 is 1.11. The molecule has 0 bridgehead atoms. The van der Waals surface area contributed by atoms with E-state index in [9.17, 15) is 9.18 Å². The molecule has 1 saturated carbocycles. The topological polar surface area (TPSA) is 95.6 Å².